The van der Waals surface area contributed by atoms with Gasteiger partial charge >= 0.3 is 6.18 Å². The van der Waals surface area contributed by atoms with E-state index in [0.717, 1.165) is 38.3 Å². The molecule has 2 saturated heterocycles. The molecule has 1 amide bonds. The van der Waals surface area contributed by atoms with Gasteiger partial charge in [-0.1, -0.05) is 17.7 Å². The number of rotatable bonds is 7. The fourth-order valence-corrected chi connectivity index (χ4v) is 4.93. The van der Waals surface area contributed by atoms with Gasteiger partial charge in [0.25, 0.3) is 5.69 Å². The molecule has 11 heteroatoms. The molecule has 2 heterocycles. The van der Waals surface area contributed by atoms with Crippen molar-refractivity contribution in [3.05, 3.63) is 63.7 Å². The van der Waals surface area contributed by atoms with Gasteiger partial charge in [0.05, 0.1) is 4.92 Å². The molecule has 2 aliphatic rings. The molecule has 0 radical (unpaired) electrons. The number of carbonyl (C=O) groups excluding carboxylic acids is 1. The molecule has 37 heavy (non-hydrogen) atoms. The van der Waals surface area contributed by atoms with E-state index in [1.54, 1.807) is 4.90 Å². The second-order valence-corrected chi connectivity index (χ2v) is 9.70. The van der Waals surface area contributed by atoms with Gasteiger partial charge in [-0.2, -0.15) is 13.2 Å². The third-order valence-corrected chi connectivity index (χ3v) is 7.13. The Balaban J connectivity index is 1.20. The summed E-state index contributed by atoms with van der Waals surface area (Å²) in [6.07, 6.45) is -3.21. The number of piperazine rings is 1. The van der Waals surface area contributed by atoms with E-state index in [0.29, 0.717) is 44.6 Å². The van der Waals surface area contributed by atoms with Gasteiger partial charge in [0.15, 0.2) is 0 Å². The molecule has 4 rings (SSSR count). The number of nitro benzene ring substituents is 1. The zero-order valence-electron chi connectivity index (χ0n) is 20.8. The fraction of sp³-hybridized carbons (Fsp3) is 0.500. The molecule has 0 aromatic heterocycles. The highest BCUT2D eigenvalue weighted by Crippen LogP contribution is 2.38. The maximum Gasteiger partial charge on any atom is 0.423 e. The number of nitrogens with one attached hydrogen (secondary N) is 1. The maximum atomic E-state index is 13.3. The summed E-state index contributed by atoms with van der Waals surface area (Å²) >= 11 is 0. The van der Waals surface area contributed by atoms with Crippen molar-refractivity contribution in [2.24, 2.45) is 0 Å². The number of benzene rings is 2. The van der Waals surface area contributed by atoms with Gasteiger partial charge in [0.1, 0.15) is 5.56 Å². The lowest BCUT2D eigenvalue weighted by atomic mass is 10.0. The topological polar surface area (TPSA) is 82.0 Å². The molecule has 2 aromatic carbocycles. The Morgan fingerprint density at radius 1 is 0.973 bits per heavy atom. The Labute approximate surface area is 214 Å². The molecule has 0 bridgehead atoms. The number of carbonyl (C=O) groups is 1. The van der Waals surface area contributed by atoms with Crippen LogP contribution in [0.1, 0.15) is 30.4 Å². The second kappa shape index (κ2) is 11.4. The second-order valence-electron chi connectivity index (χ2n) is 9.70. The standard InChI is InChI=1S/C26H32F3N5O3/c1-19-2-4-21(5-3-19)33-16-14-31(15-17-33)11-10-25(35)30-20-8-12-32(13-9-20)22-6-7-24(34(36)37)23(18-22)26(27,28)29/h2-7,18,20H,8-17H2,1H3,(H,30,35). The van der Waals surface area contributed by atoms with E-state index < -0.39 is 22.4 Å². The predicted molar refractivity (Wildman–Crippen MR) is 136 cm³/mol. The van der Waals surface area contributed by atoms with Crippen LogP contribution in [0.3, 0.4) is 0 Å². The van der Waals surface area contributed by atoms with E-state index in [-0.39, 0.29) is 11.9 Å². The lowest BCUT2D eigenvalue weighted by molar-refractivity contribution is -0.388. The number of halogens is 3. The van der Waals surface area contributed by atoms with Crippen molar-refractivity contribution in [2.75, 3.05) is 55.6 Å². The summed E-state index contributed by atoms with van der Waals surface area (Å²) in [4.78, 5) is 28.9. The summed E-state index contributed by atoms with van der Waals surface area (Å²) in [5, 5.41) is 14.0. The number of amides is 1. The van der Waals surface area contributed by atoms with Crippen LogP contribution in [0.15, 0.2) is 42.5 Å². The Morgan fingerprint density at radius 2 is 1.57 bits per heavy atom. The number of aryl methyl sites for hydroxylation is 1. The summed E-state index contributed by atoms with van der Waals surface area (Å²) in [5.74, 6) is -0.0193. The van der Waals surface area contributed by atoms with E-state index in [2.05, 4.69) is 46.3 Å². The smallest absolute Gasteiger partial charge is 0.371 e. The number of anilines is 2. The van der Waals surface area contributed by atoms with Gasteiger partial charge in [0, 0.05) is 75.7 Å². The van der Waals surface area contributed by atoms with E-state index >= 15 is 0 Å². The summed E-state index contributed by atoms with van der Waals surface area (Å²) in [7, 11) is 0. The number of piperidine rings is 1. The number of hydrogen-bond acceptors (Lipinski definition) is 6. The largest absolute Gasteiger partial charge is 0.423 e. The van der Waals surface area contributed by atoms with Crippen LogP contribution in [0.5, 0.6) is 0 Å². The minimum atomic E-state index is -4.81. The monoisotopic (exact) mass is 519 g/mol. The first-order valence-corrected chi connectivity index (χ1v) is 12.5. The number of nitrogens with zero attached hydrogens (tertiary/aromatic N) is 4. The first kappa shape index (κ1) is 26.7. The Bertz CT molecular complexity index is 1090. The fourth-order valence-electron chi connectivity index (χ4n) is 4.93. The molecule has 1 N–H and O–H groups in total. The highest BCUT2D eigenvalue weighted by molar-refractivity contribution is 5.76. The van der Waals surface area contributed by atoms with Crippen molar-refractivity contribution in [1.29, 1.82) is 0 Å². The maximum absolute atomic E-state index is 13.3. The van der Waals surface area contributed by atoms with Crippen LogP contribution in [0.25, 0.3) is 0 Å². The molecule has 0 atom stereocenters. The van der Waals surface area contributed by atoms with Crippen molar-refractivity contribution in [3.8, 4) is 0 Å². The van der Waals surface area contributed by atoms with Crippen LogP contribution in [0.4, 0.5) is 30.2 Å². The quantitative estimate of drug-likeness (QED) is 0.436. The van der Waals surface area contributed by atoms with E-state index in [4.69, 9.17) is 0 Å². The highest BCUT2D eigenvalue weighted by Gasteiger charge is 2.39. The Morgan fingerprint density at radius 3 is 2.16 bits per heavy atom. The third-order valence-electron chi connectivity index (χ3n) is 7.13. The van der Waals surface area contributed by atoms with Crippen molar-refractivity contribution < 1.29 is 22.9 Å². The minimum absolute atomic E-state index is 0.0193. The van der Waals surface area contributed by atoms with Crippen molar-refractivity contribution >= 4 is 23.0 Å². The molecular weight excluding hydrogens is 487 g/mol. The lowest BCUT2D eigenvalue weighted by Crippen LogP contribution is -2.48. The Hall–Kier alpha value is -3.34. The van der Waals surface area contributed by atoms with Crippen molar-refractivity contribution in [1.82, 2.24) is 10.2 Å². The molecule has 0 saturated carbocycles. The molecule has 8 nitrogen and oxygen atoms in total. The number of nitro groups is 1. The van der Waals surface area contributed by atoms with E-state index in [9.17, 15) is 28.1 Å². The average Bonchev–Trinajstić information content (AvgIpc) is 2.88. The molecule has 2 aliphatic heterocycles. The minimum Gasteiger partial charge on any atom is -0.371 e. The van der Waals surface area contributed by atoms with Gasteiger partial charge in [-0.15, -0.1) is 0 Å². The van der Waals surface area contributed by atoms with E-state index in [1.165, 1.54) is 17.3 Å². The van der Waals surface area contributed by atoms with Gasteiger partial charge < -0.3 is 15.1 Å². The molecule has 200 valence electrons. The van der Waals surface area contributed by atoms with Crippen LogP contribution in [0.2, 0.25) is 0 Å². The van der Waals surface area contributed by atoms with E-state index in [1.807, 2.05) is 0 Å². The van der Waals surface area contributed by atoms with Gasteiger partial charge in [0.2, 0.25) is 5.91 Å². The normalized spacial score (nSPS) is 17.6. The van der Waals surface area contributed by atoms with Crippen LogP contribution >= 0.6 is 0 Å². The first-order chi connectivity index (χ1) is 17.6. The van der Waals surface area contributed by atoms with Crippen LogP contribution in [-0.4, -0.2) is 67.6 Å². The number of alkyl halides is 3. The first-order valence-electron chi connectivity index (χ1n) is 12.5. The Kier molecular flexibility index (Phi) is 8.21. The number of hydrogen-bond donors (Lipinski definition) is 1. The highest BCUT2D eigenvalue weighted by atomic mass is 19.4. The molecule has 2 aromatic rings. The predicted octanol–water partition coefficient (Wildman–Crippen LogP) is 4.22. The van der Waals surface area contributed by atoms with Crippen LogP contribution < -0.4 is 15.1 Å². The lowest BCUT2D eigenvalue weighted by Gasteiger charge is -2.36. The average molecular weight is 520 g/mol. The summed E-state index contributed by atoms with van der Waals surface area (Å²) in [5.41, 5.74) is 0.561. The van der Waals surface area contributed by atoms with Crippen LogP contribution in [0, 0.1) is 17.0 Å². The van der Waals surface area contributed by atoms with Crippen molar-refractivity contribution in [3.63, 3.8) is 0 Å². The SMILES string of the molecule is Cc1ccc(N2CCN(CCC(=O)NC3CCN(c4ccc([N+](=O)[O-])c(C(F)(F)F)c4)CC3)CC2)cc1. The molecule has 0 aliphatic carbocycles. The van der Waals surface area contributed by atoms with Gasteiger partial charge in [-0.05, 0) is 44.0 Å². The molecule has 0 unspecified atom stereocenters. The van der Waals surface area contributed by atoms with Gasteiger partial charge in [-0.25, -0.2) is 0 Å². The zero-order chi connectivity index (χ0) is 26.6. The molecular formula is C26H32F3N5O3. The summed E-state index contributed by atoms with van der Waals surface area (Å²) in [6, 6.07) is 11.6. The summed E-state index contributed by atoms with van der Waals surface area (Å²) in [6.45, 7) is 7.31. The van der Waals surface area contributed by atoms with Crippen LogP contribution in [-0.2, 0) is 11.0 Å². The molecule has 2 fully saturated rings. The summed E-state index contributed by atoms with van der Waals surface area (Å²) < 4.78 is 39.9. The van der Waals surface area contributed by atoms with Gasteiger partial charge in [-0.3, -0.25) is 19.8 Å². The molecule has 0 spiro atoms. The zero-order valence-corrected chi connectivity index (χ0v) is 20.8. The third kappa shape index (κ3) is 6.91. The van der Waals surface area contributed by atoms with Crippen molar-refractivity contribution in [2.45, 2.75) is 38.4 Å².